The highest BCUT2D eigenvalue weighted by Crippen LogP contribution is 2.16. The van der Waals surface area contributed by atoms with E-state index in [4.69, 9.17) is 0 Å². The molecule has 0 aromatic heterocycles. The van der Waals surface area contributed by atoms with Crippen LogP contribution in [-0.2, 0) is 9.84 Å². The van der Waals surface area contributed by atoms with Crippen LogP contribution in [0.2, 0.25) is 0 Å². The van der Waals surface area contributed by atoms with Crippen LogP contribution in [-0.4, -0.2) is 40.2 Å². The Morgan fingerprint density at radius 2 is 1.84 bits per heavy atom. The molecule has 0 saturated carbocycles. The fraction of sp³-hybridized carbons (Fsp3) is 0.316. The minimum absolute atomic E-state index is 0.0542. The molecule has 2 rings (SSSR count). The van der Waals surface area contributed by atoms with E-state index in [2.05, 4.69) is 23.2 Å². The van der Waals surface area contributed by atoms with Crippen molar-refractivity contribution in [2.45, 2.75) is 18.7 Å². The molecule has 1 N–H and O–H groups in total. The van der Waals surface area contributed by atoms with Crippen molar-refractivity contribution in [3.63, 3.8) is 0 Å². The Bertz CT molecular complexity index is 847. The van der Waals surface area contributed by atoms with Crippen LogP contribution < -0.4 is 10.2 Å². The predicted molar refractivity (Wildman–Crippen MR) is 101 cm³/mol. The van der Waals surface area contributed by atoms with Gasteiger partial charge in [0, 0.05) is 31.6 Å². The van der Waals surface area contributed by atoms with Crippen molar-refractivity contribution in [1.29, 1.82) is 0 Å². The Morgan fingerprint density at radius 3 is 2.48 bits per heavy atom. The molecule has 0 fully saturated rings. The first kappa shape index (κ1) is 19.0. The third-order valence-corrected chi connectivity index (χ3v) is 5.10. The third-order valence-electron chi connectivity index (χ3n) is 3.95. The van der Waals surface area contributed by atoms with Crippen LogP contribution >= 0.6 is 0 Å². The molecule has 0 radical (unpaired) electrons. The molecule has 0 unspecified atom stereocenters. The van der Waals surface area contributed by atoms with E-state index in [0.29, 0.717) is 13.1 Å². The van der Waals surface area contributed by atoms with Gasteiger partial charge in [0.15, 0.2) is 9.84 Å². The molecule has 0 aliphatic rings. The monoisotopic (exact) mass is 360 g/mol. The highest BCUT2D eigenvalue weighted by molar-refractivity contribution is 7.90. The summed E-state index contributed by atoms with van der Waals surface area (Å²) in [5, 5.41) is 2.82. The lowest BCUT2D eigenvalue weighted by molar-refractivity contribution is 0.0951. The number of carbonyl (C=O) groups is 1. The number of hydrogen-bond acceptors (Lipinski definition) is 4. The first-order chi connectivity index (χ1) is 11.8. The van der Waals surface area contributed by atoms with Crippen LogP contribution in [0, 0.1) is 6.92 Å². The number of nitrogens with one attached hydrogen (secondary N) is 1. The molecule has 0 aliphatic heterocycles. The summed E-state index contributed by atoms with van der Waals surface area (Å²) in [7, 11) is -3.44. The average molecular weight is 360 g/mol. The molecule has 6 heteroatoms. The molecule has 134 valence electrons. The second-order valence-corrected chi connectivity index (χ2v) is 7.93. The number of amides is 1. The van der Waals surface area contributed by atoms with E-state index in [1.807, 2.05) is 25.1 Å². The first-order valence-corrected chi connectivity index (χ1v) is 10.1. The Balaban J connectivity index is 2.03. The lowest BCUT2D eigenvalue weighted by Crippen LogP contribution is -2.35. The molecule has 0 aliphatic carbocycles. The number of aryl methyl sites for hydroxylation is 1. The standard InChI is InChI=1S/C19H24N2O3S/c1-4-21(16-9-7-8-15(2)14-16)13-12-20-19(22)17-10-5-6-11-18(17)25(3,23)24/h5-11,14H,4,12-13H2,1-3H3,(H,20,22). The number of carbonyl (C=O) groups excluding carboxylic acids is 1. The summed E-state index contributed by atoms with van der Waals surface area (Å²) in [5.41, 5.74) is 2.47. The fourth-order valence-corrected chi connectivity index (χ4v) is 3.56. The summed E-state index contributed by atoms with van der Waals surface area (Å²) in [4.78, 5) is 14.6. The second-order valence-electron chi connectivity index (χ2n) is 5.94. The predicted octanol–water partition coefficient (Wildman–Crippen LogP) is 2.65. The summed E-state index contributed by atoms with van der Waals surface area (Å²) in [6.07, 6.45) is 1.11. The third kappa shape index (κ3) is 5.06. The Kier molecular flexibility index (Phi) is 6.20. The van der Waals surface area contributed by atoms with Crippen LogP contribution in [0.15, 0.2) is 53.4 Å². The van der Waals surface area contributed by atoms with Gasteiger partial charge in [0.25, 0.3) is 5.91 Å². The molecule has 0 heterocycles. The van der Waals surface area contributed by atoms with Gasteiger partial charge in [0.05, 0.1) is 10.5 Å². The molecule has 2 aromatic rings. The van der Waals surface area contributed by atoms with E-state index < -0.39 is 9.84 Å². The van der Waals surface area contributed by atoms with Gasteiger partial charge in [-0.2, -0.15) is 0 Å². The average Bonchev–Trinajstić information content (AvgIpc) is 2.58. The van der Waals surface area contributed by atoms with Gasteiger partial charge >= 0.3 is 0 Å². The molecular weight excluding hydrogens is 336 g/mol. The van der Waals surface area contributed by atoms with Gasteiger partial charge in [0.1, 0.15) is 0 Å². The number of nitrogens with zero attached hydrogens (tertiary/aromatic N) is 1. The molecule has 0 spiro atoms. The summed E-state index contributed by atoms with van der Waals surface area (Å²) in [6, 6.07) is 14.5. The van der Waals surface area contributed by atoms with Crippen LogP contribution in [0.1, 0.15) is 22.8 Å². The minimum Gasteiger partial charge on any atom is -0.370 e. The largest absolute Gasteiger partial charge is 0.370 e. The highest BCUT2D eigenvalue weighted by Gasteiger charge is 2.17. The minimum atomic E-state index is -3.44. The lowest BCUT2D eigenvalue weighted by atomic mass is 10.2. The molecule has 1 amide bonds. The maximum Gasteiger partial charge on any atom is 0.252 e. The van der Waals surface area contributed by atoms with Gasteiger partial charge in [-0.05, 0) is 43.7 Å². The van der Waals surface area contributed by atoms with Crippen molar-refractivity contribution in [3.05, 3.63) is 59.7 Å². The van der Waals surface area contributed by atoms with Crippen LogP contribution in [0.3, 0.4) is 0 Å². The molecule has 2 aromatic carbocycles. The quantitative estimate of drug-likeness (QED) is 0.824. The van der Waals surface area contributed by atoms with E-state index in [0.717, 1.165) is 18.5 Å². The van der Waals surface area contributed by atoms with Crippen molar-refractivity contribution in [2.24, 2.45) is 0 Å². The molecule has 25 heavy (non-hydrogen) atoms. The zero-order chi connectivity index (χ0) is 18.4. The van der Waals surface area contributed by atoms with E-state index >= 15 is 0 Å². The van der Waals surface area contributed by atoms with E-state index in [1.54, 1.807) is 12.1 Å². The van der Waals surface area contributed by atoms with E-state index in [-0.39, 0.29) is 16.4 Å². The van der Waals surface area contributed by atoms with Crippen molar-refractivity contribution in [1.82, 2.24) is 5.32 Å². The van der Waals surface area contributed by atoms with Crippen LogP contribution in [0.5, 0.6) is 0 Å². The number of likely N-dealkylation sites (N-methyl/N-ethyl adjacent to an activating group) is 1. The fourth-order valence-electron chi connectivity index (χ4n) is 2.67. The van der Waals surface area contributed by atoms with Gasteiger partial charge in [-0.1, -0.05) is 24.3 Å². The van der Waals surface area contributed by atoms with Crippen molar-refractivity contribution >= 4 is 21.4 Å². The highest BCUT2D eigenvalue weighted by atomic mass is 32.2. The Hall–Kier alpha value is -2.34. The summed E-state index contributed by atoms with van der Waals surface area (Å²) >= 11 is 0. The normalized spacial score (nSPS) is 11.2. The topological polar surface area (TPSA) is 66.5 Å². The van der Waals surface area contributed by atoms with Crippen LogP contribution in [0.4, 0.5) is 5.69 Å². The lowest BCUT2D eigenvalue weighted by Gasteiger charge is -2.23. The van der Waals surface area contributed by atoms with E-state index in [1.165, 1.54) is 17.7 Å². The summed E-state index contributed by atoms with van der Waals surface area (Å²) < 4.78 is 23.6. The number of hydrogen-bond donors (Lipinski definition) is 1. The van der Waals surface area contributed by atoms with Crippen LogP contribution in [0.25, 0.3) is 0 Å². The van der Waals surface area contributed by atoms with Gasteiger partial charge in [0.2, 0.25) is 0 Å². The summed E-state index contributed by atoms with van der Waals surface area (Å²) in [6.45, 7) is 6.00. The zero-order valence-electron chi connectivity index (χ0n) is 14.8. The Morgan fingerprint density at radius 1 is 1.12 bits per heavy atom. The van der Waals surface area contributed by atoms with Gasteiger partial charge in [-0.3, -0.25) is 4.79 Å². The molecule has 0 atom stereocenters. The van der Waals surface area contributed by atoms with Crippen molar-refractivity contribution in [2.75, 3.05) is 30.8 Å². The maximum absolute atomic E-state index is 12.4. The van der Waals surface area contributed by atoms with Gasteiger partial charge in [-0.25, -0.2) is 8.42 Å². The second kappa shape index (κ2) is 8.16. The van der Waals surface area contributed by atoms with Gasteiger partial charge < -0.3 is 10.2 Å². The number of sulfone groups is 1. The molecule has 0 bridgehead atoms. The molecular formula is C19H24N2O3S. The number of rotatable bonds is 7. The van der Waals surface area contributed by atoms with E-state index in [9.17, 15) is 13.2 Å². The number of anilines is 1. The number of benzene rings is 2. The zero-order valence-corrected chi connectivity index (χ0v) is 15.6. The van der Waals surface area contributed by atoms with Gasteiger partial charge in [-0.15, -0.1) is 0 Å². The summed E-state index contributed by atoms with van der Waals surface area (Å²) in [5.74, 6) is -0.374. The SMILES string of the molecule is CCN(CCNC(=O)c1ccccc1S(C)(=O)=O)c1cccc(C)c1. The Labute approximate surface area is 149 Å². The molecule has 0 saturated heterocycles. The maximum atomic E-state index is 12.4. The van der Waals surface area contributed by atoms with Crippen molar-refractivity contribution in [3.8, 4) is 0 Å². The smallest absolute Gasteiger partial charge is 0.252 e. The van der Waals surface area contributed by atoms with Crippen molar-refractivity contribution < 1.29 is 13.2 Å². The molecule has 5 nitrogen and oxygen atoms in total. The first-order valence-electron chi connectivity index (χ1n) is 8.22.